The molecule has 0 saturated heterocycles. The number of thioether (sulfide) groups is 1. The second kappa shape index (κ2) is 7.83. The minimum Gasteiger partial charge on any atom is -0.493 e. The van der Waals surface area contributed by atoms with E-state index >= 15 is 0 Å². The first-order chi connectivity index (χ1) is 10.2. The molecule has 1 aromatic heterocycles. The van der Waals surface area contributed by atoms with Gasteiger partial charge in [-0.2, -0.15) is 0 Å². The Kier molecular flexibility index (Phi) is 5.80. The summed E-state index contributed by atoms with van der Waals surface area (Å²) in [5.41, 5.74) is 0.573. The number of carbonyl (C=O) groups is 1. The first-order valence-electron chi connectivity index (χ1n) is 6.84. The predicted molar refractivity (Wildman–Crippen MR) is 81.1 cm³/mol. The summed E-state index contributed by atoms with van der Waals surface area (Å²) in [4.78, 5) is 10.8. The lowest BCUT2D eigenvalue weighted by atomic mass is 10.2. The quantitative estimate of drug-likeness (QED) is 0.422. The fraction of sp³-hybridized carbons (Fsp3) is 0.400. The molecule has 1 aromatic carbocycles. The van der Waals surface area contributed by atoms with Gasteiger partial charge in [-0.25, -0.2) is 0 Å². The first-order valence-corrected chi connectivity index (χ1v) is 7.82. The van der Waals surface area contributed by atoms with Crippen molar-refractivity contribution in [3.63, 3.8) is 0 Å². The molecule has 5 nitrogen and oxygen atoms in total. The van der Waals surface area contributed by atoms with Crippen molar-refractivity contribution in [2.45, 2.75) is 31.4 Å². The van der Waals surface area contributed by atoms with E-state index in [-0.39, 0.29) is 5.92 Å². The van der Waals surface area contributed by atoms with E-state index in [0.29, 0.717) is 29.0 Å². The summed E-state index contributed by atoms with van der Waals surface area (Å²) in [7, 11) is 0. The third kappa shape index (κ3) is 4.60. The third-order valence-corrected chi connectivity index (χ3v) is 3.64. The highest BCUT2D eigenvalue weighted by molar-refractivity contribution is 7.99. The number of aromatic nitrogens is 2. The van der Waals surface area contributed by atoms with Crippen molar-refractivity contribution in [1.82, 2.24) is 10.2 Å². The van der Waals surface area contributed by atoms with Gasteiger partial charge in [-0.3, -0.25) is 4.79 Å². The van der Waals surface area contributed by atoms with Crippen LogP contribution in [0, 0.1) is 0 Å². The fourth-order valence-electron chi connectivity index (χ4n) is 1.62. The van der Waals surface area contributed by atoms with Gasteiger partial charge in [0.15, 0.2) is 6.29 Å². The van der Waals surface area contributed by atoms with Crippen LogP contribution in [-0.2, 0) is 0 Å². The normalized spacial score (nSPS) is 10.8. The summed E-state index contributed by atoms with van der Waals surface area (Å²) in [5.74, 6) is 2.35. The van der Waals surface area contributed by atoms with Crippen LogP contribution in [0.1, 0.15) is 42.4 Å². The molecule has 21 heavy (non-hydrogen) atoms. The van der Waals surface area contributed by atoms with Crippen LogP contribution in [0.15, 0.2) is 33.9 Å². The fourth-order valence-corrected chi connectivity index (χ4v) is 2.30. The number of ether oxygens (including phenoxy) is 1. The van der Waals surface area contributed by atoms with Crippen molar-refractivity contribution in [3.05, 3.63) is 35.7 Å². The Morgan fingerprint density at radius 1 is 1.33 bits per heavy atom. The largest absolute Gasteiger partial charge is 0.493 e. The minimum atomic E-state index is 0.245. The van der Waals surface area contributed by atoms with Crippen LogP contribution in [0.4, 0.5) is 0 Å². The Balaban J connectivity index is 1.71. The van der Waals surface area contributed by atoms with Gasteiger partial charge in [-0.05, 0) is 18.6 Å². The number of aldehydes is 1. The number of para-hydroxylation sites is 1. The molecule has 0 aliphatic heterocycles. The SMILES string of the molecule is CC(C)c1nnc(SCCCOc2ccccc2C=O)o1. The van der Waals surface area contributed by atoms with Gasteiger partial charge in [0.1, 0.15) is 5.75 Å². The van der Waals surface area contributed by atoms with Gasteiger partial charge >= 0.3 is 0 Å². The van der Waals surface area contributed by atoms with Gasteiger partial charge in [0.25, 0.3) is 5.22 Å². The zero-order chi connectivity index (χ0) is 15.1. The maximum Gasteiger partial charge on any atom is 0.276 e. The van der Waals surface area contributed by atoms with E-state index in [9.17, 15) is 4.79 Å². The molecular formula is C15H18N2O3S. The molecule has 112 valence electrons. The van der Waals surface area contributed by atoms with Gasteiger partial charge in [0.05, 0.1) is 12.2 Å². The number of rotatable bonds is 8. The zero-order valence-electron chi connectivity index (χ0n) is 12.1. The lowest BCUT2D eigenvalue weighted by molar-refractivity contribution is 0.111. The lowest BCUT2D eigenvalue weighted by Gasteiger charge is -2.07. The molecule has 2 rings (SSSR count). The predicted octanol–water partition coefficient (Wildman–Crippen LogP) is 3.57. The molecule has 0 aliphatic carbocycles. The van der Waals surface area contributed by atoms with Crippen LogP contribution in [0.2, 0.25) is 0 Å². The Morgan fingerprint density at radius 2 is 2.14 bits per heavy atom. The van der Waals surface area contributed by atoms with Crippen molar-refractivity contribution in [2.75, 3.05) is 12.4 Å². The smallest absolute Gasteiger partial charge is 0.276 e. The van der Waals surface area contributed by atoms with Crippen molar-refractivity contribution in [3.8, 4) is 5.75 Å². The molecule has 0 amide bonds. The van der Waals surface area contributed by atoms with Crippen molar-refractivity contribution in [1.29, 1.82) is 0 Å². The third-order valence-electron chi connectivity index (χ3n) is 2.73. The number of hydrogen-bond acceptors (Lipinski definition) is 6. The molecule has 2 aromatic rings. The average Bonchev–Trinajstić information content (AvgIpc) is 2.96. The van der Waals surface area contributed by atoms with E-state index in [1.54, 1.807) is 12.1 Å². The Hall–Kier alpha value is -1.82. The van der Waals surface area contributed by atoms with E-state index in [1.807, 2.05) is 26.0 Å². The number of carbonyl (C=O) groups excluding carboxylic acids is 1. The van der Waals surface area contributed by atoms with E-state index in [4.69, 9.17) is 9.15 Å². The van der Waals surface area contributed by atoms with Gasteiger partial charge in [0, 0.05) is 11.7 Å². The van der Waals surface area contributed by atoms with Crippen molar-refractivity contribution < 1.29 is 13.9 Å². The Morgan fingerprint density at radius 3 is 2.86 bits per heavy atom. The highest BCUT2D eigenvalue weighted by Crippen LogP contribution is 2.21. The van der Waals surface area contributed by atoms with Gasteiger partial charge in [0.2, 0.25) is 5.89 Å². The number of nitrogens with zero attached hydrogens (tertiary/aromatic N) is 2. The summed E-state index contributed by atoms with van der Waals surface area (Å²) in [5, 5.41) is 8.55. The van der Waals surface area contributed by atoms with Crippen LogP contribution in [0.5, 0.6) is 5.75 Å². The van der Waals surface area contributed by atoms with Crippen LogP contribution in [0.3, 0.4) is 0 Å². The zero-order valence-corrected chi connectivity index (χ0v) is 12.9. The average molecular weight is 306 g/mol. The minimum absolute atomic E-state index is 0.245. The molecule has 0 unspecified atom stereocenters. The van der Waals surface area contributed by atoms with Crippen LogP contribution in [0.25, 0.3) is 0 Å². The number of hydrogen-bond donors (Lipinski definition) is 0. The molecule has 0 bridgehead atoms. The van der Waals surface area contributed by atoms with E-state index in [2.05, 4.69) is 10.2 Å². The second-order valence-electron chi connectivity index (χ2n) is 4.77. The topological polar surface area (TPSA) is 65.2 Å². The summed E-state index contributed by atoms with van der Waals surface area (Å²) >= 11 is 1.51. The molecule has 0 saturated carbocycles. The van der Waals surface area contributed by atoms with Crippen LogP contribution < -0.4 is 4.74 Å². The van der Waals surface area contributed by atoms with Gasteiger partial charge < -0.3 is 9.15 Å². The summed E-state index contributed by atoms with van der Waals surface area (Å²) < 4.78 is 11.1. The molecule has 0 aliphatic rings. The molecule has 0 fully saturated rings. The molecule has 6 heteroatoms. The highest BCUT2D eigenvalue weighted by Gasteiger charge is 2.09. The van der Waals surface area contributed by atoms with Crippen molar-refractivity contribution >= 4 is 18.0 Å². The van der Waals surface area contributed by atoms with E-state index in [1.165, 1.54) is 11.8 Å². The summed E-state index contributed by atoms with van der Waals surface area (Å²) in [6.45, 7) is 4.57. The molecule has 1 heterocycles. The molecular weight excluding hydrogens is 288 g/mol. The Bertz CT molecular complexity index is 584. The first kappa shape index (κ1) is 15.6. The molecule has 0 N–H and O–H groups in total. The number of benzene rings is 1. The van der Waals surface area contributed by atoms with Crippen molar-refractivity contribution in [2.24, 2.45) is 0 Å². The second-order valence-corrected chi connectivity index (χ2v) is 5.81. The van der Waals surface area contributed by atoms with Crippen LogP contribution >= 0.6 is 11.8 Å². The van der Waals surface area contributed by atoms with Gasteiger partial charge in [-0.1, -0.05) is 37.7 Å². The molecule has 0 radical (unpaired) electrons. The van der Waals surface area contributed by atoms with Gasteiger partial charge in [-0.15, -0.1) is 10.2 Å². The Labute approximate surface area is 128 Å². The van der Waals surface area contributed by atoms with E-state index < -0.39 is 0 Å². The maximum atomic E-state index is 10.8. The summed E-state index contributed by atoms with van der Waals surface area (Å²) in [6, 6.07) is 7.20. The summed E-state index contributed by atoms with van der Waals surface area (Å²) in [6.07, 6.45) is 1.63. The van der Waals surface area contributed by atoms with E-state index in [0.717, 1.165) is 18.5 Å². The molecule has 0 atom stereocenters. The standard InChI is InChI=1S/C15H18N2O3S/c1-11(2)14-16-17-15(20-14)21-9-5-8-19-13-7-4-3-6-12(13)10-18/h3-4,6-7,10-11H,5,8-9H2,1-2H3. The lowest BCUT2D eigenvalue weighted by Crippen LogP contribution is -2.00. The maximum absolute atomic E-state index is 10.8. The monoisotopic (exact) mass is 306 g/mol. The molecule has 0 spiro atoms. The van der Waals surface area contributed by atoms with Crippen LogP contribution in [-0.4, -0.2) is 28.8 Å². The highest BCUT2D eigenvalue weighted by atomic mass is 32.2.